The highest BCUT2D eigenvalue weighted by molar-refractivity contribution is 6.30. The van der Waals surface area contributed by atoms with Gasteiger partial charge in [0.25, 0.3) is 11.8 Å². The van der Waals surface area contributed by atoms with E-state index in [2.05, 4.69) is 60.1 Å². The first-order chi connectivity index (χ1) is 29.7. The van der Waals surface area contributed by atoms with E-state index in [0.717, 1.165) is 95.3 Å². The van der Waals surface area contributed by atoms with Crippen molar-refractivity contribution >= 4 is 46.6 Å². The van der Waals surface area contributed by atoms with Crippen LogP contribution in [0.4, 0.5) is 5.69 Å². The third kappa shape index (κ3) is 7.09. The molecule has 1 atom stereocenters. The summed E-state index contributed by atoms with van der Waals surface area (Å²) < 4.78 is 5.98. The van der Waals surface area contributed by atoms with Crippen LogP contribution in [0.1, 0.15) is 101 Å². The van der Waals surface area contributed by atoms with Gasteiger partial charge >= 0.3 is 0 Å². The number of aryl methyl sites for hydroxylation is 3. The lowest BCUT2D eigenvalue weighted by molar-refractivity contribution is -0.136. The van der Waals surface area contributed by atoms with Crippen molar-refractivity contribution in [1.29, 1.82) is 0 Å². The summed E-state index contributed by atoms with van der Waals surface area (Å²) in [7, 11) is 0. The minimum atomic E-state index is -1.02. The van der Waals surface area contributed by atoms with Crippen LogP contribution in [0.2, 0.25) is 5.02 Å². The van der Waals surface area contributed by atoms with Crippen LogP contribution < -0.4 is 10.6 Å². The molecule has 4 aliphatic rings. The predicted octanol–water partition coefficient (Wildman–Crippen LogP) is 5.80. The summed E-state index contributed by atoms with van der Waals surface area (Å²) in [4.78, 5) is 57.0. The Balaban J connectivity index is 0.728. The zero-order chi connectivity index (χ0) is 41.8. The molecule has 1 saturated carbocycles. The fourth-order valence-corrected chi connectivity index (χ4v) is 8.70. The number of aromatic nitrogens is 8. The lowest BCUT2D eigenvalue weighted by atomic mass is 9.96. The molecule has 0 bridgehead atoms. The largest absolute Gasteiger partial charge is 0.379 e. The highest BCUT2D eigenvalue weighted by atomic mass is 35.5. The van der Waals surface area contributed by atoms with Gasteiger partial charge in [-0.1, -0.05) is 53.9 Å². The zero-order valence-electron chi connectivity index (χ0n) is 33.3. The topological polar surface area (TPSA) is 187 Å². The van der Waals surface area contributed by atoms with E-state index in [1.165, 1.54) is 0 Å². The van der Waals surface area contributed by atoms with Crippen molar-refractivity contribution in [3.8, 4) is 16.8 Å². The fourth-order valence-electron chi connectivity index (χ4n) is 8.57. The van der Waals surface area contributed by atoms with E-state index in [0.29, 0.717) is 22.9 Å². The van der Waals surface area contributed by atoms with Gasteiger partial charge in [-0.05, 0) is 81.0 Å². The number of hydrogen-bond acceptors (Lipinski definition) is 11. The Labute approximate surface area is 355 Å². The Hall–Kier alpha value is -6.81. The number of amides is 4. The van der Waals surface area contributed by atoms with Crippen molar-refractivity contribution in [3.63, 3.8) is 0 Å². The second-order valence-corrected chi connectivity index (χ2v) is 16.5. The van der Waals surface area contributed by atoms with Gasteiger partial charge in [0.15, 0.2) is 5.82 Å². The minimum absolute atomic E-state index is 0.0625. The quantitative estimate of drug-likeness (QED) is 0.106. The van der Waals surface area contributed by atoms with Crippen molar-refractivity contribution in [2.75, 3.05) is 5.32 Å². The maximum Gasteiger partial charge on any atom is 0.264 e. The third-order valence-corrected chi connectivity index (χ3v) is 12.2. The summed E-state index contributed by atoms with van der Waals surface area (Å²) in [5.74, 6) is -0.434. The van der Waals surface area contributed by atoms with Gasteiger partial charge in [0.05, 0.1) is 41.5 Å². The first-order valence-electron chi connectivity index (χ1n) is 20.6. The smallest absolute Gasteiger partial charge is 0.264 e. The number of piperidine rings is 1. The first-order valence-corrected chi connectivity index (χ1v) is 21.0. The number of fused-ring (bicyclic) bond motifs is 5. The van der Waals surface area contributed by atoms with Crippen LogP contribution in [0.3, 0.4) is 0 Å². The van der Waals surface area contributed by atoms with Gasteiger partial charge in [-0.15, -0.1) is 15.3 Å². The summed E-state index contributed by atoms with van der Waals surface area (Å²) in [6.07, 6.45) is 11.9. The lowest BCUT2D eigenvalue weighted by Gasteiger charge is -2.27. The summed E-state index contributed by atoms with van der Waals surface area (Å²) in [6, 6.07) is 18.3. The van der Waals surface area contributed by atoms with Gasteiger partial charge in [0.1, 0.15) is 23.1 Å². The third-order valence-electron chi connectivity index (χ3n) is 11.9. The minimum Gasteiger partial charge on any atom is -0.379 e. The van der Waals surface area contributed by atoms with Crippen LogP contribution in [0.5, 0.6) is 0 Å². The van der Waals surface area contributed by atoms with Crippen molar-refractivity contribution in [2.24, 2.45) is 4.99 Å². The van der Waals surface area contributed by atoms with Crippen molar-refractivity contribution in [2.45, 2.75) is 89.5 Å². The van der Waals surface area contributed by atoms with Crippen molar-refractivity contribution in [3.05, 3.63) is 124 Å². The molecule has 17 heteroatoms. The molecule has 3 aromatic heterocycles. The molecule has 0 radical (unpaired) electrons. The molecule has 1 saturated heterocycles. The molecule has 61 heavy (non-hydrogen) atoms. The molecule has 6 aromatic rings. The Kier molecular flexibility index (Phi) is 9.65. The molecule has 1 unspecified atom stereocenters. The summed E-state index contributed by atoms with van der Waals surface area (Å²) in [5.41, 5.74) is 7.25. The number of halogens is 1. The Bertz CT molecular complexity index is 2780. The van der Waals surface area contributed by atoms with Crippen molar-refractivity contribution < 1.29 is 19.2 Å². The fraction of sp³-hybridized carbons (Fsp3) is 0.318. The zero-order valence-corrected chi connectivity index (χ0v) is 34.1. The van der Waals surface area contributed by atoms with Crippen LogP contribution in [0, 0.1) is 6.92 Å². The maximum atomic E-state index is 13.4. The van der Waals surface area contributed by atoms with E-state index in [4.69, 9.17) is 21.7 Å². The van der Waals surface area contributed by atoms with Gasteiger partial charge in [-0.3, -0.25) is 48.3 Å². The molecule has 1 aliphatic carbocycles. The van der Waals surface area contributed by atoms with E-state index in [9.17, 15) is 19.2 Å². The molecule has 3 aliphatic heterocycles. The standard InChI is InChI=1S/C44H41ClN12O4/c1-26-50-52-43-44(17-18-44)49-39(27-9-12-30(45)13-10-27)33-21-28(11-14-35(33)56(26)43)29-22-47-54(24-29)19-4-2-3-5-20-55-25-31(51-53-55)23-46-34-8-6-7-32-38(34)42(61)57(41(32)60)36-15-16-37(58)48-40(36)59/h6-14,21-22,24-25,36,46H,2-5,15-20,23H2,1H3,(H,48,58,59). The molecule has 2 fully saturated rings. The second kappa shape index (κ2) is 15.3. The Morgan fingerprint density at radius 1 is 0.836 bits per heavy atom. The molecule has 3 aromatic carbocycles. The second-order valence-electron chi connectivity index (χ2n) is 16.0. The van der Waals surface area contributed by atoms with Crippen LogP contribution in [-0.2, 0) is 34.8 Å². The van der Waals surface area contributed by atoms with E-state index >= 15 is 0 Å². The molecule has 308 valence electrons. The highest BCUT2D eigenvalue weighted by Gasteiger charge is 2.51. The molecule has 1 spiro atoms. The summed E-state index contributed by atoms with van der Waals surface area (Å²) in [6.45, 7) is 3.79. The van der Waals surface area contributed by atoms with Gasteiger partial charge in [0.2, 0.25) is 11.8 Å². The number of benzene rings is 3. The number of nitrogens with one attached hydrogen (secondary N) is 2. The highest BCUT2D eigenvalue weighted by Crippen LogP contribution is 2.52. The van der Waals surface area contributed by atoms with Gasteiger partial charge in [-0.2, -0.15) is 5.10 Å². The lowest BCUT2D eigenvalue weighted by Crippen LogP contribution is -2.54. The normalized spacial score (nSPS) is 17.5. The molecule has 4 amide bonds. The van der Waals surface area contributed by atoms with Crippen LogP contribution >= 0.6 is 11.6 Å². The van der Waals surface area contributed by atoms with Gasteiger partial charge in [0, 0.05) is 53.1 Å². The SMILES string of the molecule is Cc1nnc2n1-c1ccc(-c3cnn(CCCCCCn4cc(CNc5cccc6c5C(=O)N(C5CCC(=O)NC5=O)C6=O)nn4)c3)cc1C(c1ccc(Cl)cc1)=NC21CC1. The van der Waals surface area contributed by atoms with Gasteiger partial charge in [-0.25, -0.2) is 0 Å². The average Bonchev–Trinajstić information content (AvgIpc) is 3.55. The van der Waals surface area contributed by atoms with Gasteiger partial charge < -0.3 is 5.32 Å². The van der Waals surface area contributed by atoms with E-state index < -0.39 is 29.7 Å². The Morgan fingerprint density at radius 2 is 1.62 bits per heavy atom. The number of carbonyl (C=O) groups is 4. The molecular formula is C44H41ClN12O4. The predicted molar refractivity (Wildman–Crippen MR) is 224 cm³/mol. The average molecular weight is 837 g/mol. The summed E-state index contributed by atoms with van der Waals surface area (Å²) >= 11 is 6.28. The molecule has 6 heterocycles. The first kappa shape index (κ1) is 38.4. The van der Waals surface area contributed by atoms with Crippen LogP contribution in [-0.4, -0.2) is 79.8 Å². The molecular weight excluding hydrogens is 796 g/mol. The number of imide groups is 2. The summed E-state index contributed by atoms with van der Waals surface area (Å²) in [5, 5.41) is 28.4. The molecule has 16 nitrogen and oxygen atoms in total. The molecule has 2 N–H and O–H groups in total. The number of aliphatic imine (C=N–C) groups is 1. The van der Waals surface area contributed by atoms with Crippen molar-refractivity contribution in [1.82, 2.24) is 49.8 Å². The van der Waals surface area contributed by atoms with Crippen LogP contribution in [0.25, 0.3) is 16.8 Å². The monoisotopic (exact) mass is 836 g/mol. The number of carbonyl (C=O) groups excluding carboxylic acids is 4. The number of unbranched alkanes of at least 4 members (excludes halogenated alkanes) is 3. The number of hydrogen-bond donors (Lipinski definition) is 2. The maximum absolute atomic E-state index is 13.4. The number of nitrogens with zero attached hydrogens (tertiary/aromatic N) is 10. The van der Waals surface area contributed by atoms with E-state index in [1.54, 1.807) is 18.2 Å². The molecule has 10 rings (SSSR count). The van der Waals surface area contributed by atoms with E-state index in [-0.39, 0.29) is 36.1 Å². The number of rotatable bonds is 13. The Morgan fingerprint density at radius 3 is 2.41 bits per heavy atom. The number of anilines is 1. The van der Waals surface area contributed by atoms with Crippen LogP contribution in [0.15, 0.2) is 84.2 Å². The van der Waals surface area contributed by atoms with E-state index in [1.807, 2.05) is 52.9 Å².